The number of carbonyl (C=O) groups is 1. The smallest absolute Gasteiger partial charge is 0.167 e. The molecule has 0 saturated carbocycles. The largest absolute Gasteiger partial charge is 0.497 e. The molecule has 0 amide bonds. The molecule has 0 aliphatic carbocycles. The number of hydrogen-bond acceptors (Lipinski definition) is 3. The highest BCUT2D eigenvalue weighted by atomic mass is 79.9. The molecule has 0 aliphatic rings. The molecule has 1 rings (SSSR count). The highest BCUT2D eigenvalue weighted by Crippen LogP contribution is 2.33. The number of ketones is 1. The van der Waals surface area contributed by atoms with Crippen LogP contribution in [0.5, 0.6) is 11.5 Å². The van der Waals surface area contributed by atoms with Crippen LogP contribution in [0.4, 0.5) is 0 Å². The minimum Gasteiger partial charge on any atom is -0.497 e. The molecular formula is C12H14BrClO3. The summed E-state index contributed by atoms with van der Waals surface area (Å²) in [6.45, 7) is 0. The van der Waals surface area contributed by atoms with Crippen molar-refractivity contribution >= 4 is 33.3 Å². The molecule has 17 heavy (non-hydrogen) atoms. The summed E-state index contributed by atoms with van der Waals surface area (Å²) < 4.78 is 11.0. The summed E-state index contributed by atoms with van der Waals surface area (Å²) in [5.74, 6) is 1.64. The molecule has 3 nitrogen and oxygen atoms in total. The Balaban J connectivity index is 3.09. The minimum atomic E-state index is 0.0111. The lowest BCUT2D eigenvalue weighted by atomic mass is 10.1. The van der Waals surface area contributed by atoms with Gasteiger partial charge in [-0.1, -0.05) is 0 Å². The molecule has 5 heteroatoms. The van der Waals surface area contributed by atoms with E-state index in [2.05, 4.69) is 15.9 Å². The Hall–Kier alpha value is -0.740. The monoisotopic (exact) mass is 320 g/mol. The first-order valence-electron chi connectivity index (χ1n) is 5.14. The van der Waals surface area contributed by atoms with Crippen LogP contribution in [0, 0.1) is 0 Å². The minimum absolute atomic E-state index is 0.0111. The fraction of sp³-hybridized carbons (Fsp3) is 0.417. The van der Waals surface area contributed by atoms with E-state index in [0.29, 0.717) is 40.3 Å². The summed E-state index contributed by atoms with van der Waals surface area (Å²) in [5, 5.41) is 0. The SMILES string of the molecule is COc1cc(Br)c(C(=O)CCCCl)c(OC)c1. The van der Waals surface area contributed by atoms with E-state index in [1.807, 2.05) is 0 Å². The molecule has 0 spiro atoms. The summed E-state index contributed by atoms with van der Waals surface area (Å²) in [6.07, 6.45) is 1.06. The third-order valence-corrected chi connectivity index (χ3v) is 3.19. The molecule has 0 aliphatic heterocycles. The predicted octanol–water partition coefficient (Wildman–Crippen LogP) is 3.67. The van der Waals surface area contributed by atoms with E-state index in [1.54, 1.807) is 19.2 Å². The van der Waals surface area contributed by atoms with Crippen LogP contribution in [0.1, 0.15) is 23.2 Å². The average molecular weight is 322 g/mol. The lowest BCUT2D eigenvalue weighted by Crippen LogP contribution is -2.04. The standard InChI is InChI=1S/C12H14BrClO3/c1-16-8-6-9(13)12(11(7-8)17-2)10(15)4-3-5-14/h6-7H,3-5H2,1-2H3. The Labute approximate surface area is 114 Å². The van der Waals surface area contributed by atoms with Gasteiger partial charge < -0.3 is 9.47 Å². The van der Waals surface area contributed by atoms with E-state index < -0.39 is 0 Å². The van der Waals surface area contributed by atoms with Gasteiger partial charge in [-0.25, -0.2) is 0 Å². The van der Waals surface area contributed by atoms with Gasteiger partial charge in [-0.2, -0.15) is 0 Å². The van der Waals surface area contributed by atoms with Crippen molar-refractivity contribution < 1.29 is 14.3 Å². The number of rotatable bonds is 6. The van der Waals surface area contributed by atoms with Crippen LogP contribution in [0.25, 0.3) is 0 Å². The lowest BCUT2D eigenvalue weighted by Gasteiger charge is -2.11. The quantitative estimate of drug-likeness (QED) is 0.592. The van der Waals surface area contributed by atoms with Crippen LogP contribution >= 0.6 is 27.5 Å². The second-order valence-electron chi connectivity index (χ2n) is 3.40. The molecule has 0 heterocycles. The maximum atomic E-state index is 12.0. The van der Waals surface area contributed by atoms with Crippen molar-refractivity contribution in [3.05, 3.63) is 22.2 Å². The van der Waals surface area contributed by atoms with Crippen molar-refractivity contribution in [2.75, 3.05) is 20.1 Å². The molecule has 1 aromatic carbocycles. The number of benzene rings is 1. The number of alkyl halides is 1. The Morgan fingerprint density at radius 3 is 2.59 bits per heavy atom. The van der Waals surface area contributed by atoms with E-state index >= 15 is 0 Å². The van der Waals surface area contributed by atoms with Crippen LogP contribution in [-0.4, -0.2) is 25.9 Å². The van der Waals surface area contributed by atoms with E-state index in [4.69, 9.17) is 21.1 Å². The van der Waals surface area contributed by atoms with Crippen LogP contribution in [0.2, 0.25) is 0 Å². The van der Waals surface area contributed by atoms with E-state index in [-0.39, 0.29) is 5.78 Å². The molecule has 0 atom stereocenters. The van der Waals surface area contributed by atoms with Crippen LogP contribution in [0.3, 0.4) is 0 Å². The average Bonchev–Trinajstić information content (AvgIpc) is 2.34. The molecule has 0 unspecified atom stereocenters. The van der Waals surface area contributed by atoms with Gasteiger partial charge in [0, 0.05) is 22.8 Å². The summed E-state index contributed by atoms with van der Waals surface area (Å²) in [7, 11) is 3.09. The molecule has 0 radical (unpaired) electrons. The molecule has 0 bridgehead atoms. The van der Waals surface area contributed by atoms with Crippen molar-refractivity contribution in [2.45, 2.75) is 12.8 Å². The first kappa shape index (κ1) is 14.3. The third kappa shape index (κ3) is 3.61. The zero-order valence-corrected chi connectivity index (χ0v) is 12.1. The van der Waals surface area contributed by atoms with Crippen LogP contribution < -0.4 is 9.47 Å². The van der Waals surface area contributed by atoms with Gasteiger partial charge in [0.05, 0.1) is 19.8 Å². The fourth-order valence-corrected chi connectivity index (χ4v) is 2.24. The van der Waals surface area contributed by atoms with Gasteiger partial charge in [0.15, 0.2) is 5.78 Å². The number of Topliss-reactive ketones (excluding diaryl/α,β-unsaturated/α-hetero) is 1. The number of carbonyl (C=O) groups excluding carboxylic acids is 1. The van der Waals surface area contributed by atoms with Crippen molar-refractivity contribution in [3.8, 4) is 11.5 Å². The Bertz CT molecular complexity index is 407. The second-order valence-corrected chi connectivity index (χ2v) is 4.63. The number of methoxy groups -OCH3 is 2. The summed E-state index contributed by atoms with van der Waals surface area (Å²) in [5.41, 5.74) is 0.540. The Morgan fingerprint density at radius 2 is 2.06 bits per heavy atom. The zero-order chi connectivity index (χ0) is 12.8. The number of ether oxygens (including phenoxy) is 2. The molecular weight excluding hydrogens is 307 g/mol. The van der Waals surface area contributed by atoms with Crippen molar-refractivity contribution in [1.29, 1.82) is 0 Å². The van der Waals surface area contributed by atoms with Gasteiger partial charge in [0.2, 0.25) is 0 Å². The molecule has 0 fully saturated rings. The Morgan fingerprint density at radius 1 is 1.35 bits per heavy atom. The zero-order valence-electron chi connectivity index (χ0n) is 9.76. The first-order valence-corrected chi connectivity index (χ1v) is 6.47. The highest BCUT2D eigenvalue weighted by Gasteiger charge is 2.17. The van der Waals surface area contributed by atoms with Crippen molar-refractivity contribution in [1.82, 2.24) is 0 Å². The molecule has 0 saturated heterocycles. The van der Waals surface area contributed by atoms with E-state index in [1.165, 1.54) is 7.11 Å². The van der Waals surface area contributed by atoms with Crippen LogP contribution in [0.15, 0.2) is 16.6 Å². The second kappa shape index (κ2) is 6.87. The van der Waals surface area contributed by atoms with Gasteiger partial charge in [-0.3, -0.25) is 4.79 Å². The first-order chi connectivity index (χ1) is 8.13. The lowest BCUT2D eigenvalue weighted by molar-refractivity contribution is 0.0978. The third-order valence-electron chi connectivity index (χ3n) is 2.30. The summed E-state index contributed by atoms with van der Waals surface area (Å²) in [6, 6.07) is 3.44. The topological polar surface area (TPSA) is 35.5 Å². The van der Waals surface area contributed by atoms with Gasteiger partial charge in [0.1, 0.15) is 11.5 Å². The number of halogens is 2. The summed E-state index contributed by atoms with van der Waals surface area (Å²) in [4.78, 5) is 12.0. The molecule has 1 aromatic rings. The van der Waals surface area contributed by atoms with Gasteiger partial charge in [0.25, 0.3) is 0 Å². The molecule has 0 aromatic heterocycles. The van der Waals surface area contributed by atoms with Gasteiger partial charge in [-0.05, 0) is 28.4 Å². The van der Waals surface area contributed by atoms with E-state index in [0.717, 1.165) is 0 Å². The fourth-order valence-electron chi connectivity index (χ4n) is 1.46. The van der Waals surface area contributed by atoms with Gasteiger partial charge >= 0.3 is 0 Å². The van der Waals surface area contributed by atoms with Crippen LogP contribution in [-0.2, 0) is 0 Å². The van der Waals surface area contributed by atoms with Crippen molar-refractivity contribution in [3.63, 3.8) is 0 Å². The normalized spacial score (nSPS) is 10.1. The number of hydrogen-bond donors (Lipinski definition) is 0. The van der Waals surface area contributed by atoms with Crippen molar-refractivity contribution in [2.24, 2.45) is 0 Å². The predicted molar refractivity (Wildman–Crippen MR) is 71.5 cm³/mol. The van der Waals surface area contributed by atoms with E-state index in [9.17, 15) is 4.79 Å². The highest BCUT2D eigenvalue weighted by molar-refractivity contribution is 9.10. The maximum Gasteiger partial charge on any atom is 0.167 e. The van der Waals surface area contributed by atoms with Gasteiger partial charge in [-0.15, -0.1) is 11.6 Å². The summed E-state index contributed by atoms with van der Waals surface area (Å²) >= 11 is 8.94. The molecule has 94 valence electrons. The Kier molecular flexibility index (Phi) is 5.78. The molecule has 0 N–H and O–H groups in total. The maximum absolute atomic E-state index is 12.0.